The predicted molar refractivity (Wildman–Crippen MR) is 111 cm³/mol. The van der Waals surface area contributed by atoms with Gasteiger partial charge in [0.05, 0.1) is 13.7 Å². The fourth-order valence-corrected chi connectivity index (χ4v) is 2.89. The van der Waals surface area contributed by atoms with Gasteiger partial charge in [-0.25, -0.2) is 4.98 Å². The lowest BCUT2D eigenvalue weighted by atomic mass is 10.1. The summed E-state index contributed by atoms with van der Waals surface area (Å²) in [7, 11) is 3.40. The molecule has 0 unspecified atom stereocenters. The highest BCUT2D eigenvalue weighted by atomic mass is 16.5. The largest absolute Gasteiger partial charge is 0.497 e. The maximum atomic E-state index is 5.18. The zero-order valence-electron chi connectivity index (χ0n) is 16.5. The second kappa shape index (κ2) is 9.55. The Kier molecular flexibility index (Phi) is 6.62. The van der Waals surface area contributed by atoms with E-state index in [0.29, 0.717) is 18.3 Å². The number of aryl methyl sites for hydroxylation is 1. The summed E-state index contributed by atoms with van der Waals surface area (Å²) in [5.41, 5.74) is 3.54. The monoisotopic (exact) mass is 378 g/mol. The van der Waals surface area contributed by atoms with Crippen LogP contribution in [0.15, 0.2) is 53.5 Å². The third-order valence-electron chi connectivity index (χ3n) is 4.47. The van der Waals surface area contributed by atoms with Crippen molar-refractivity contribution in [1.29, 1.82) is 0 Å². The van der Waals surface area contributed by atoms with Crippen molar-refractivity contribution in [1.82, 2.24) is 25.8 Å². The van der Waals surface area contributed by atoms with Crippen molar-refractivity contribution >= 4 is 5.96 Å². The van der Waals surface area contributed by atoms with E-state index in [1.807, 2.05) is 24.3 Å². The summed E-state index contributed by atoms with van der Waals surface area (Å²) in [6.07, 6.45) is 1.01. The molecule has 0 radical (unpaired) electrons. The normalized spacial score (nSPS) is 11.3. The molecule has 0 spiro atoms. The first-order valence-corrected chi connectivity index (χ1v) is 9.30. The maximum Gasteiger partial charge on any atom is 0.191 e. The van der Waals surface area contributed by atoms with Gasteiger partial charge in [-0.1, -0.05) is 31.2 Å². The molecule has 0 aliphatic heterocycles. The third kappa shape index (κ3) is 4.88. The molecule has 3 N–H and O–H groups in total. The minimum absolute atomic E-state index is 0.498. The van der Waals surface area contributed by atoms with Gasteiger partial charge in [-0.3, -0.25) is 10.1 Å². The summed E-state index contributed by atoms with van der Waals surface area (Å²) in [6, 6.07) is 16.1. The van der Waals surface area contributed by atoms with Crippen molar-refractivity contribution in [2.45, 2.75) is 26.4 Å². The first-order chi connectivity index (χ1) is 13.7. The minimum atomic E-state index is 0.498. The summed E-state index contributed by atoms with van der Waals surface area (Å²) in [5, 5.41) is 13.9. The number of H-pyrrole nitrogens is 1. The number of nitrogens with one attached hydrogen (secondary N) is 3. The molecule has 0 amide bonds. The van der Waals surface area contributed by atoms with Crippen LogP contribution in [0.2, 0.25) is 0 Å². The number of rotatable bonds is 7. The molecule has 3 rings (SSSR count). The molecule has 0 atom stereocenters. The molecular weight excluding hydrogens is 352 g/mol. The molecule has 0 fully saturated rings. The molecule has 0 saturated carbocycles. The number of benzene rings is 2. The van der Waals surface area contributed by atoms with E-state index < -0.39 is 0 Å². The van der Waals surface area contributed by atoms with Crippen LogP contribution in [0, 0.1) is 0 Å². The van der Waals surface area contributed by atoms with E-state index in [2.05, 4.69) is 62.0 Å². The van der Waals surface area contributed by atoms with Gasteiger partial charge in [0, 0.05) is 19.2 Å². The quantitative estimate of drug-likeness (QED) is 0.435. The molecule has 146 valence electrons. The Bertz CT molecular complexity index is 917. The first kappa shape index (κ1) is 19.4. The van der Waals surface area contributed by atoms with E-state index in [1.54, 1.807) is 14.2 Å². The zero-order chi connectivity index (χ0) is 19.8. The zero-order valence-corrected chi connectivity index (χ0v) is 16.5. The molecule has 0 saturated heterocycles. The fraction of sp³-hybridized carbons (Fsp3) is 0.286. The van der Waals surface area contributed by atoms with Crippen molar-refractivity contribution in [2.75, 3.05) is 14.2 Å². The van der Waals surface area contributed by atoms with Crippen LogP contribution in [0.25, 0.3) is 11.4 Å². The van der Waals surface area contributed by atoms with Crippen LogP contribution in [0.5, 0.6) is 5.75 Å². The van der Waals surface area contributed by atoms with E-state index in [-0.39, 0.29) is 0 Å². The van der Waals surface area contributed by atoms with Gasteiger partial charge in [-0.15, -0.1) is 0 Å². The van der Waals surface area contributed by atoms with Crippen molar-refractivity contribution in [3.05, 3.63) is 65.5 Å². The van der Waals surface area contributed by atoms with Gasteiger partial charge in [0.2, 0.25) is 0 Å². The van der Waals surface area contributed by atoms with E-state index >= 15 is 0 Å². The average Bonchev–Trinajstić information content (AvgIpc) is 3.23. The van der Waals surface area contributed by atoms with Crippen LogP contribution >= 0.6 is 0 Å². The smallest absolute Gasteiger partial charge is 0.191 e. The second-order valence-electron chi connectivity index (χ2n) is 6.24. The van der Waals surface area contributed by atoms with Gasteiger partial charge in [-0.2, -0.15) is 5.10 Å². The van der Waals surface area contributed by atoms with Crippen LogP contribution in [-0.2, 0) is 19.5 Å². The molecule has 0 bridgehead atoms. The number of ether oxygens (including phenoxy) is 1. The molecular formula is C21H26N6O. The lowest BCUT2D eigenvalue weighted by Gasteiger charge is -2.13. The van der Waals surface area contributed by atoms with Gasteiger partial charge >= 0.3 is 0 Å². The molecule has 1 heterocycles. The molecule has 1 aromatic heterocycles. The number of guanidine groups is 1. The molecule has 0 aliphatic carbocycles. The van der Waals surface area contributed by atoms with Gasteiger partial charge in [-0.05, 0) is 41.8 Å². The summed E-state index contributed by atoms with van der Waals surface area (Å²) in [5.74, 6) is 2.91. The van der Waals surface area contributed by atoms with Crippen LogP contribution in [-0.4, -0.2) is 35.3 Å². The lowest BCUT2D eigenvalue weighted by molar-refractivity contribution is 0.415. The molecule has 2 aromatic carbocycles. The summed E-state index contributed by atoms with van der Waals surface area (Å²) < 4.78 is 5.18. The van der Waals surface area contributed by atoms with E-state index in [0.717, 1.165) is 30.1 Å². The summed E-state index contributed by atoms with van der Waals surface area (Å²) in [6.45, 7) is 3.38. The number of aromatic amines is 1. The summed E-state index contributed by atoms with van der Waals surface area (Å²) in [4.78, 5) is 8.81. The van der Waals surface area contributed by atoms with Crippen molar-refractivity contribution in [3.63, 3.8) is 0 Å². The Hall–Kier alpha value is -3.35. The van der Waals surface area contributed by atoms with E-state index in [4.69, 9.17) is 4.74 Å². The van der Waals surface area contributed by atoms with Crippen LogP contribution in [0.4, 0.5) is 0 Å². The Morgan fingerprint density at radius 1 is 1.04 bits per heavy atom. The average molecular weight is 378 g/mol. The van der Waals surface area contributed by atoms with Crippen LogP contribution < -0.4 is 15.4 Å². The molecule has 28 heavy (non-hydrogen) atoms. The number of aliphatic imine (C=N–C) groups is 1. The van der Waals surface area contributed by atoms with Gasteiger partial charge in [0.15, 0.2) is 11.8 Å². The second-order valence-corrected chi connectivity index (χ2v) is 6.24. The highest BCUT2D eigenvalue weighted by molar-refractivity contribution is 5.79. The molecule has 7 heteroatoms. The van der Waals surface area contributed by atoms with Crippen molar-refractivity contribution < 1.29 is 4.74 Å². The molecule has 7 nitrogen and oxygen atoms in total. The van der Waals surface area contributed by atoms with Gasteiger partial charge in [0.1, 0.15) is 11.6 Å². The topological polar surface area (TPSA) is 87.2 Å². The number of hydrogen-bond acceptors (Lipinski definition) is 4. The Morgan fingerprint density at radius 3 is 2.43 bits per heavy atom. The van der Waals surface area contributed by atoms with Crippen molar-refractivity contribution in [2.24, 2.45) is 4.99 Å². The van der Waals surface area contributed by atoms with E-state index in [1.165, 1.54) is 11.1 Å². The fourth-order valence-electron chi connectivity index (χ4n) is 2.89. The highest BCUT2D eigenvalue weighted by Crippen LogP contribution is 2.18. The number of methoxy groups -OCH3 is 1. The predicted octanol–water partition coefficient (Wildman–Crippen LogP) is 2.91. The van der Waals surface area contributed by atoms with Crippen LogP contribution in [0.1, 0.15) is 23.9 Å². The highest BCUT2D eigenvalue weighted by Gasteiger charge is 2.07. The molecule has 0 aliphatic rings. The van der Waals surface area contributed by atoms with Crippen molar-refractivity contribution in [3.8, 4) is 17.1 Å². The Morgan fingerprint density at radius 2 is 1.75 bits per heavy atom. The molecule has 3 aromatic rings. The Labute approximate surface area is 165 Å². The van der Waals surface area contributed by atoms with Gasteiger partial charge in [0.25, 0.3) is 0 Å². The van der Waals surface area contributed by atoms with Gasteiger partial charge < -0.3 is 15.4 Å². The first-order valence-electron chi connectivity index (χ1n) is 9.30. The Balaban J connectivity index is 1.56. The van der Waals surface area contributed by atoms with E-state index in [9.17, 15) is 0 Å². The third-order valence-corrected chi connectivity index (χ3v) is 4.47. The maximum absolute atomic E-state index is 5.18. The minimum Gasteiger partial charge on any atom is -0.497 e. The SMILES string of the molecule is CCc1ccccc1CNC(=NC)NCc1nc(-c2ccc(OC)cc2)n[nH]1. The number of aromatic nitrogens is 3. The number of nitrogens with zero attached hydrogens (tertiary/aromatic N) is 3. The lowest BCUT2D eigenvalue weighted by Crippen LogP contribution is -2.36. The number of hydrogen-bond donors (Lipinski definition) is 3. The standard InChI is InChI=1S/C21H26N6O/c1-4-15-7-5-6-8-17(15)13-23-21(22-2)24-14-19-25-20(27-26-19)16-9-11-18(28-3)12-10-16/h5-12H,4,13-14H2,1-3H3,(H2,22,23,24)(H,25,26,27). The summed E-state index contributed by atoms with van der Waals surface area (Å²) >= 11 is 0. The van der Waals surface area contributed by atoms with Crippen LogP contribution in [0.3, 0.4) is 0 Å².